The molecule has 1 aliphatic heterocycles. The second-order valence-electron chi connectivity index (χ2n) is 7.92. The van der Waals surface area contributed by atoms with Crippen LogP contribution in [-0.2, 0) is 14.3 Å². The second-order valence-corrected chi connectivity index (χ2v) is 7.92. The highest BCUT2D eigenvalue weighted by Crippen LogP contribution is 2.35. The quantitative estimate of drug-likeness (QED) is 0.358. The number of hydrogen-bond acceptors (Lipinski definition) is 6. The van der Waals surface area contributed by atoms with Gasteiger partial charge in [0, 0.05) is 12.6 Å². The first-order chi connectivity index (χ1) is 15.4. The van der Waals surface area contributed by atoms with Crippen LogP contribution < -0.4 is 19.7 Å². The standard InChI is InChI=1S/C25H30N2O5/c1-5-31-21-13-11-18(17-22(21)30-4)12-14-23(28)32-16-8-15-27-20-10-7-6-9-19(20)26-25(2,3)24(27)29/h6-7,9-14,17,26H,5,8,15-16H2,1-4H3/b14-12+. The van der Waals surface area contributed by atoms with Gasteiger partial charge >= 0.3 is 5.97 Å². The van der Waals surface area contributed by atoms with E-state index in [0.29, 0.717) is 31.1 Å². The van der Waals surface area contributed by atoms with Gasteiger partial charge in [0.1, 0.15) is 5.54 Å². The smallest absolute Gasteiger partial charge is 0.330 e. The Balaban J connectivity index is 1.53. The van der Waals surface area contributed by atoms with Crippen molar-refractivity contribution in [2.24, 2.45) is 0 Å². The number of anilines is 2. The molecule has 170 valence electrons. The van der Waals surface area contributed by atoms with Crippen molar-refractivity contribution in [1.82, 2.24) is 0 Å². The van der Waals surface area contributed by atoms with Crippen LogP contribution in [0.2, 0.25) is 0 Å². The lowest BCUT2D eigenvalue weighted by Gasteiger charge is -2.39. The fourth-order valence-corrected chi connectivity index (χ4v) is 3.54. The van der Waals surface area contributed by atoms with Crippen molar-refractivity contribution in [2.75, 3.05) is 37.1 Å². The van der Waals surface area contributed by atoms with Crippen LogP contribution in [0.3, 0.4) is 0 Å². The maximum absolute atomic E-state index is 12.8. The van der Waals surface area contributed by atoms with Gasteiger partial charge in [0.25, 0.3) is 5.91 Å². The zero-order valence-corrected chi connectivity index (χ0v) is 19.0. The molecule has 0 unspecified atom stereocenters. The lowest BCUT2D eigenvalue weighted by atomic mass is 9.98. The summed E-state index contributed by atoms with van der Waals surface area (Å²) in [6.07, 6.45) is 3.58. The molecule has 32 heavy (non-hydrogen) atoms. The second kappa shape index (κ2) is 10.2. The summed E-state index contributed by atoms with van der Waals surface area (Å²) in [5.74, 6) is 0.810. The van der Waals surface area contributed by atoms with E-state index in [1.165, 1.54) is 6.08 Å². The van der Waals surface area contributed by atoms with Crippen molar-refractivity contribution >= 4 is 29.3 Å². The number of nitrogens with one attached hydrogen (secondary N) is 1. The molecule has 0 aliphatic carbocycles. The van der Waals surface area contributed by atoms with Crippen molar-refractivity contribution < 1.29 is 23.8 Å². The first-order valence-corrected chi connectivity index (χ1v) is 10.7. The number of ether oxygens (including phenoxy) is 3. The van der Waals surface area contributed by atoms with Gasteiger partial charge in [-0.15, -0.1) is 0 Å². The van der Waals surface area contributed by atoms with Crippen LogP contribution in [0.4, 0.5) is 11.4 Å². The summed E-state index contributed by atoms with van der Waals surface area (Å²) in [5.41, 5.74) is 1.87. The van der Waals surface area contributed by atoms with Crippen molar-refractivity contribution in [1.29, 1.82) is 0 Å². The minimum absolute atomic E-state index is 0.00753. The molecule has 3 rings (SSSR count). The SMILES string of the molecule is CCOc1ccc(/C=C/C(=O)OCCCN2C(=O)C(C)(C)Nc3ccccc32)cc1OC. The van der Waals surface area contributed by atoms with Crippen molar-refractivity contribution in [2.45, 2.75) is 32.7 Å². The van der Waals surface area contributed by atoms with Gasteiger partial charge in [-0.3, -0.25) is 4.79 Å². The third-order valence-corrected chi connectivity index (χ3v) is 5.09. The number of benzene rings is 2. The average molecular weight is 439 g/mol. The van der Waals surface area contributed by atoms with Gasteiger partial charge in [0.15, 0.2) is 11.5 Å². The Morgan fingerprint density at radius 1 is 1.16 bits per heavy atom. The highest BCUT2D eigenvalue weighted by atomic mass is 16.5. The monoisotopic (exact) mass is 438 g/mol. The molecule has 1 heterocycles. The summed E-state index contributed by atoms with van der Waals surface area (Å²) in [7, 11) is 1.57. The summed E-state index contributed by atoms with van der Waals surface area (Å²) in [5, 5.41) is 3.27. The highest BCUT2D eigenvalue weighted by molar-refractivity contribution is 6.07. The van der Waals surface area contributed by atoms with Gasteiger partial charge < -0.3 is 24.4 Å². The van der Waals surface area contributed by atoms with Crippen molar-refractivity contribution in [3.63, 3.8) is 0 Å². The third-order valence-electron chi connectivity index (χ3n) is 5.09. The first-order valence-electron chi connectivity index (χ1n) is 10.7. The molecule has 7 nitrogen and oxygen atoms in total. The van der Waals surface area contributed by atoms with Crippen LogP contribution >= 0.6 is 0 Å². The highest BCUT2D eigenvalue weighted by Gasteiger charge is 2.38. The number of nitrogens with zero attached hydrogens (tertiary/aromatic N) is 1. The minimum atomic E-state index is -0.688. The Bertz CT molecular complexity index is 1000. The largest absolute Gasteiger partial charge is 0.493 e. The van der Waals surface area contributed by atoms with E-state index in [1.807, 2.05) is 51.1 Å². The summed E-state index contributed by atoms with van der Waals surface area (Å²) in [6.45, 7) is 6.85. The fraction of sp³-hybridized carbons (Fsp3) is 0.360. The zero-order valence-electron chi connectivity index (χ0n) is 19.0. The Kier molecular flexibility index (Phi) is 7.41. The summed E-state index contributed by atoms with van der Waals surface area (Å²) in [6, 6.07) is 13.1. The molecule has 7 heteroatoms. The normalized spacial score (nSPS) is 14.6. The first kappa shape index (κ1) is 23.2. The number of esters is 1. The molecule has 0 radical (unpaired) electrons. The van der Waals surface area contributed by atoms with E-state index in [4.69, 9.17) is 14.2 Å². The Morgan fingerprint density at radius 3 is 2.69 bits per heavy atom. The molecule has 1 amide bonds. The predicted octanol–water partition coefficient (Wildman–Crippen LogP) is 4.28. The van der Waals surface area contributed by atoms with E-state index in [-0.39, 0.29) is 12.5 Å². The molecule has 0 bridgehead atoms. The molecule has 2 aromatic rings. The Morgan fingerprint density at radius 2 is 1.94 bits per heavy atom. The van der Waals surface area contributed by atoms with Crippen molar-refractivity contribution in [3.8, 4) is 11.5 Å². The molecule has 1 N–H and O–H groups in total. The zero-order chi connectivity index (χ0) is 23.1. The molecule has 0 saturated heterocycles. The van der Waals surface area contributed by atoms with E-state index in [9.17, 15) is 9.59 Å². The molecular weight excluding hydrogens is 408 g/mol. The van der Waals surface area contributed by atoms with Crippen LogP contribution in [0.5, 0.6) is 11.5 Å². The number of hydrogen-bond donors (Lipinski definition) is 1. The Labute approximate surface area is 189 Å². The minimum Gasteiger partial charge on any atom is -0.493 e. The number of amides is 1. The molecule has 0 saturated carbocycles. The number of fused-ring (bicyclic) bond motifs is 1. The van der Waals surface area contributed by atoms with E-state index in [1.54, 1.807) is 30.2 Å². The summed E-state index contributed by atoms with van der Waals surface area (Å²) >= 11 is 0. The van der Waals surface area contributed by atoms with Gasteiger partial charge in [-0.25, -0.2) is 4.79 Å². The van der Waals surface area contributed by atoms with Crippen LogP contribution in [-0.4, -0.2) is 44.3 Å². The van der Waals surface area contributed by atoms with Gasteiger partial charge in [0.2, 0.25) is 0 Å². The number of carbonyl (C=O) groups is 2. The summed E-state index contributed by atoms with van der Waals surface area (Å²) < 4.78 is 16.1. The van der Waals surface area contributed by atoms with Gasteiger partial charge in [-0.1, -0.05) is 18.2 Å². The lowest BCUT2D eigenvalue weighted by Crippen LogP contribution is -2.54. The molecule has 0 fully saturated rings. The number of carbonyl (C=O) groups excluding carboxylic acids is 2. The van der Waals surface area contributed by atoms with Gasteiger partial charge in [-0.2, -0.15) is 0 Å². The predicted molar refractivity (Wildman–Crippen MR) is 125 cm³/mol. The molecule has 1 aliphatic rings. The molecule has 0 spiro atoms. The van der Waals surface area contributed by atoms with Crippen LogP contribution in [0.15, 0.2) is 48.5 Å². The van der Waals surface area contributed by atoms with E-state index in [2.05, 4.69) is 5.32 Å². The van der Waals surface area contributed by atoms with Crippen molar-refractivity contribution in [3.05, 3.63) is 54.1 Å². The van der Waals surface area contributed by atoms with Crippen LogP contribution in [0.25, 0.3) is 6.08 Å². The fourth-order valence-electron chi connectivity index (χ4n) is 3.54. The summed E-state index contributed by atoms with van der Waals surface area (Å²) in [4.78, 5) is 26.7. The van der Waals surface area contributed by atoms with E-state index < -0.39 is 11.5 Å². The molecule has 0 aromatic heterocycles. The number of para-hydroxylation sites is 2. The van der Waals surface area contributed by atoms with Crippen LogP contribution in [0, 0.1) is 0 Å². The lowest BCUT2D eigenvalue weighted by molar-refractivity contribution is -0.137. The van der Waals surface area contributed by atoms with E-state index >= 15 is 0 Å². The third kappa shape index (κ3) is 5.41. The number of methoxy groups -OCH3 is 1. The van der Waals surface area contributed by atoms with Crippen LogP contribution in [0.1, 0.15) is 32.8 Å². The molecule has 2 aromatic carbocycles. The molecular formula is C25H30N2O5. The maximum atomic E-state index is 12.8. The maximum Gasteiger partial charge on any atom is 0.330 e. The van der Waals surface area contributed by atoms with E-state index in [0.717, 1.165) is 16.9 Å². The number of rotatable bonds is 9. The topological polar surface area (TPSA) is 77.1 Å². The molecule has 0 atom stereocenters. The Hall–Kier alpha value is -3.48. The van der Waals surface area contributed by atoms with Gasteiger partial charge in [-0.05, 0) is 63.1 Å². The van der Waals surface area contributed by atoms with Gasteiger partial charge in [0.05, 0.1) is 31.7 Å². The average Bonchev–Trinajstić information content (AvgIpc) is 2.78.